The van der Waals surface area contributed by atoms with E-state index in [9.17, 15) is 4.79 Å². The molecule has 1 fully saturated rings. The van der Waals surface area contributed by atoms with Crippen molar-refractivity contribution in [3.8, 4) is 5.88 Å². The van der Waals surface area contributed by atoms with Gasteiger partial charge in [0.2, 0.25) is 5.88 Å². The van der Waals surface area contributed by atoms with Crippen molar-refractivity contribution < 1.29 is 4.74 Å². The molecule has 0 spiro atoms. The normalized spacial score (nSPS) is 16.4. The largest absolute Gasteiger partial charge is 0.481 e. The molecule has 1 aliphatic rings. The van der Waals surface area contributed by atoms with Crippen LogP contribution in [0.5, 0.6) is 5.88 Å². The summed E-state index contributed by atoms with van der Waals surface area (Å²) in [5, 5.41) is 0. The summed E-state index contributed by atoms with van der Waals surface area (Å²) in [6.07, 6.45) is 5.85. The number of hydrogen-bond acceptors (Lipinski definition) is 4. The van der Waals surface area contributed by atoms with E-state index in [0.717, 1.165) is 32.5 Å². The number of pyridine rings is 2. The Morgan fingerprint density at radius 1 is 1.26 bits per heavy atom. The maximum atomic E-state index is 11.8. The fourth-order valence-corrected chi connectivity index (χ4v) is 3.16. The minimum Gasteiger partial charge on any atom is -0.481 e. The maximum Gasteiger partial charge on any atom is 0.250 e. The van der Waals surface area contributed by atoms with Crippen LogP contribution < -0.4 is 10.3 Å². The smallest absolute Gasteiger partial charge is 0.250 e. The number of ether oxygens (including phenoxy) is 1. The molecule has 0 saturated carbocycles. The van der Waals surface area contributed by atoms with Gasteiger partial charge in [0.05, 0.1) is 7.11 Å². The molecule has 2 aromatic heterocycles. The zero-order valence-corrected chi connectivity index (χ0v) is 13.7. The van der Waals surface area contributed by atoms with Crippen LogP contribution in [0.1, 0.15) is 29.9 Å². The first-order valence-corrected chi connectivity index (χ1v) is 8.03. The molecule has 5 heteroatoms. The molecule has 0 N–H and O–H groups in total. The first-order chi connectivity index (χ1) is 11.2. The lowest BCUT2D eigenvalue weighted by Crippen LogP contribution is -2.32. The van der Waals surface area contributed by atoms with E-state index in [1.807, 2.05) is 18.3 Å². The SMILES string of the molecule is COc1cc(CN2CCC(c3ccn(C)c(=O)c3)CC2)ccn1. The van der Waals surface area contributed by atoms with E-state index in [-0.39, 0.29) is 5.56 Å². The van der Waals surface area contributed by atoms with Gasteiger partial charge >= 0.3 is 0 Å². The van der Waals surface area contributed by atoms with Crippen LogP contribution in [0.3, 0.4) is 0 Å². The minimum atomic E-state index is 0.0776. The van der Waals surface area contributed by atoms with Crippen LogP contribution in [0.4, 0.5) is 0 Å². The third-order valence-electron chi connectivity index (χ3n) is 4.60. The van der Waals surface area contributed by atoms with Gasteiger partial charge < -0.3 is 9.30 Å². The van der Waals surface area contributed by atoms with Gasteiger partial charge in [-0.3, -0.25) is 9.69 Å². The zero-order valence-electron chi connectivity index (χ0n) is 13.7. The van der Waals surface area contributed by atoms with Crippen molar-refractivity contribution >= 4 is 0 Å². The van der Waals surface area contributed by atoms with Crippen molar-refractivity contribution in [2.75, 3.05) is 20.2 Å². The van der Waals surface area contributed by atoms with Crippen molar-refractivity contribution in [3.63, 3.8) is 0 Å². The standard InChI is InChI=1S/C18H23N3O2/c1-20-8-4-16(12-18(20)22)15-5-9-21(10-6-15)13-14-3-7-19-17(11-14)23-2/h3-4,7-8,11-12,15H,5-6,9-10,13H2,1-2H3. The van der Waals surface area contributed by atoms with Crippen LogP contribution in [0, 0.1) is 0 Å². The third kappa shape index (κ3) is 3.79. The molecule has 1 aliphatic heterocycles. The molecule has 0 atom stereocenters. The highest BCUT2D eigenvalue weighted by Gasteiger charge is 2.21. The Morgan fingerprint density at radius 2 is 2.04 bits per heavy atom. The molecule has 0 bridgehead atoms. The number of aromatic nitrogens is 2. The number of nitrogens with zero attached hydrogens (tertiary/aromatic N) is 3. The first-order valence-electron chi connectivity index (χ1n) is 8.03. The van der Waals surface area contributed by atoms with Gasteiger partial charge in [0.1, 0.15) is 0 Å². The number of likely N-dealkylation sites (tertiary alicyclic amines) is 1. The molecule has 3 heterocycles. The maximum absolute atomic E-state index is 11.8. The van der Waals surface area contributed by atoms with Gasteiger partial charge in [-0.2, -0.15) is 0 Å². The van der Waals surface area contributed by atoms with Crippen LogP contribution >= 0.6 is 0 Å². The van der Waals surface area contributed by atoms with Crippen molar-refractivity contribution in [1.29, 1.82) is 0 Å². The summed E-state index contributed by atoms with van der Waals surface area (Å²) >= 11 is 0. The molecule has 2 aromatic rings. The highest BCUT2D eigenvalue weighted by atomic mass is 16.5. The lowest BCUT2D eigenvalue weighted by atomic mass is 9.90. The van der Waals surface area contributed by atoms with E-state index < -0.39 is 0 Å². The first kappa shape index (κ1) is 15.7. The minimum absolute atomic E-state index is 0.0776. The lowest BCUT2D eigenvalue weighted by Gasteiger charge is -2.32. The van der Waals surface area contributed by atoms with Gasteiger partial charge in [-0.25, -0.2) is 4.98 Å². The van der Waals surface area contributed by atoms with E-state index in [2.05, 4.69) is 16.0 Å². The van der Waals surface area contributed by atoms with Crippen LogP contribution in [-0.4, -0.2) is 34.7 Å². The highest BCUT2D eigenvalue weighted by molar-refractivity contribution is 5.21. The lowest BCUT2D eigenvalue weighted by molar-refractivity contribution is 0.204. The summed E-state index contributed by atoms with van der Waals surface area (Å²) in [4.78, 5) is 18.4. The van der Waals surface area contributed by atoms with E-state index in [1.54, 1.807) is 31.0 Å². The molecule has 0 aromatic carbocycles. The van der Waals surface area contributed by atoms with Crippen molar-refractivity contribution in [2.24, 2.45) is 7.05 Å². The average molecular weight is 313 g/mol. The van der Waals surface area contributed by atoms with Gasteiger partial charge in [0.15, 0.2) is 0 Å². The summed E-state index contributed by atoms with van der Waals surface area (Å²) < 4.78 is 6.80. The molecule has 5 nitrogen and oxygen atoms in total. The summed E-state index contributed by atoms with van der Waals surface area (Å²) in [7, 11) is 3.43. The van der Waals surface area contributed by atoms with Crippen molar-refractivity contribution in [2.45, 2.75) is 25.3 Å². The molecule has 0 radical (unpaired) electrons. The molecule has 0 aliphatic carbocycles. The van der Waals surface area contributed by atoms with Gasteiger partial charge in [-0.1, -0.05) is 0 Å². The van der Waals surface area contributed by atoms with Crippen LogP contribution in [0.25, 0.3) is 0 Å². The van der Waals surface area contributed by atoms with Gasteiger partial charge in [0, 0.05) is 38.1 Å². The third-order valence-corrected chi connectivity index (χ3v) is 4.60. The Bertz CT molecular complexity index is 718. The zero-order chi connectivity index (χ0) is 16.2. The second-order valence-corrected chi connectivity index (χ2v) is 6.17. The number of rotatable bonds is 4. The average Bonchev–Trinajstić information content (AvgIpc) is 2.58. The molecule has 1 saturated heterocycles. The monoisotopic (exact) mass is 313 g/mol. The van der Waals surface area contributed by atoms with E-state index >= 15 is 0 Å². The van der Waals surface area contributed by atoms with Gasteiger partial charge in [-0.15, -0.1) is 0 Å². The van der Waals surface area contributed by atoms with Crippen LogP contribution in [-0.2, 0) is 13.6 Å². The molecule has 3 rings (SSSR count). The van der Waals surface area contributed by atoms with E-state index in [1.165, 1.54) is 11.1 Å². The van der Waals surface area contributed by atoms with Crippen molar-refractivity contribution in [1.82, 2.24) is 14.5 Å². The van der Waals surface area contributed by atoms with Crippen LogP contribution in [0.15, 0.2) is 41.5 Å². The number of aryl methyl sites for hydroxylation is 1. The topological polar surface area (TPSA) is 47.4 Å². The quantitative estimate of drug-likeness (QED) is 0.868. The summed E-state index contributed by atoms with van der Waals surface area (Å²) in [6.45, 7) is 3.01. The summed E-state index contributed by atoms with van der Waals surface area (Å²) in [5.41, 5.74) is 2.48. The Kier molecular flexibility index (Phi) is 4.76. The predicted octanol–water partition coefficient (Wildman–Crippen LogP) is 2.17. The van der Waals surface area contributed by atoms with Gasteiger partial charge in [0.25, 0.3) is 5.56 Å². The summed E-state index contributed by atoms with van der Waals surface area (Å²) in [6, 6.07) is 7.89. The highest BCUT2D eigenvalue weighted by Crippen LogP contribution is 2.27. The van der Waals surface area contributed by atoms with E-state index in [0.29, 0.717) is 11.8 Å². The van der Waals surface area contributed by atoms with Crippen molar-refractivity contribution in [3.05, 3.63) is 58.1 Å². The van der Waals surface area contributed by atoms with Crippen LogP contribution in [0.2, 0.25) is 0 Å². The fraction of sp³-hybridized carbons (Fsp3) is 0.444. The Balaban J connectivity index is 1.59. The molecular weight excluding hydrogens is 290 g/mol. The second-order valence-electron chi connectivity index (χ2n) is 6.17. The number of piperidine rings is 1. The predicted molar refractivity (Wildman–Crippen MR) is 89.7 cm³/mol. The Morgan fingerprint density at radius 3 is 2.74 bits per heavy atom. The van der Waals surface area contributed by atoms with E-state index in [4.69, 9.17) is 4.74 Å². The number of hydrogen-bond donors (Lipinski definition) is 0. The fourth-order valence-electron chi connectivity index (χ4n) is 3.16. The Labute approximate surface area is 136 Å². The molecule has 122 valence electrons. The molecular formula is C18H23N3O2. The second kappa shape index (κ2) is 6.96. The van der Waals surface area contributed by atoms with Gasteiger partial charge in [-0.05, 0) is 55.1 Å². The molecule has 0 amide bonds. The Hall–Kier alpha value is -2.14. The molecule has 23 heavy (non-hydrogen) atoms. The molecule has 0 unspecified atom stereocenters. The number of methoxy groups -OCH3 is 1. The summed E-state index contributed by atoms with van der Waals surface area (Å²) in [5.74, 6) is 1.16.